The van der Waals surface area contributed by atoms with Gasteiger partial charge in [-0.1, -0.05) is 0 Å². The normalized spacial score (nSPS) is 12.2. The van der Waals surface area contributed by atoms with Crippen LogP contribution in [-0.4, -0.2) is 10.1 Å². The minimum Gasteiger partial charge on any atom is -0.392 e. The highest BCUT2D eigenvalue weighted by Crippen LogP contribution is 2.36. The fraction of sp³-hybridized carbons (Fsp3) is 0.375. The van der Waals surface area contributed by atoms with Crippen LogP contribution in [0.25, 0.3) is 0 Å². The van der Waals surface area contributed by atoms with Crippen molar-refractivity contribution in [1.82, 2.24) is 4.98 Å². The van der Waals surface area contributed by atoms with Gasteiger partial charge in [-0.2, -0.15) is 13.2 Å². The maximum atomic E-state index is 12.4. The molecule has 0 saturated heterocycles. The first-order valence-electron chi connectivity index (χ1n) is 3.93. The van der Waals surface area contributed by atoms with Crippen LogP contribution in [0.5, 0.6) is 0 Å². The number of aliphatic hydroxyl groups is 1. The van der Waals surface area contributed by atoms with Gasteiger partial charge < -0.3 is 5.11 Å². The van der Waals surface area contributed by atoms with Gasteiger partial charge in [0.15, 0.2) is 0 Å². The van der Waals surface area contributed by atoms with E-state index in [1.165, 1.54) is 22.6 Å². The summed E-state index contributed by atoms with van der Waals surface area (Å²) in [7, 11) is 0. The SMILES string of the molecule is OCc1cc(C(F)(F)F)c(C(F)F)nc1I. The maximum Gasteiger partial charge on any atom is 0.418 e. The lowest BCUT2D eigenvalue weighted by molar-refractivity contribution is -0.140. The van der Waals surface area contributed by atoms with Gasteiger partial charge in [0.25, 0.3) is 6.43 Å². The number of rotatable bonds is 2. The average molecular weight is 353 g/mol. The zero-order chi connectivity index (χ0) is 12.5. The molecule has 0 saturated carbocycles. The molecule has 0 aliphatic carbocycles. The number of hydrogen-bond acceptors (Lipinski definition) is 2. The number of hydrogen-bond donors (Lipinski definition) is 1. The number of aromatic nitrogens is 1. The zero-order valence-corrected chi connectivity index (χ0v) is 9.68. The van der Waals surface area contributed by atoms with E-state index < -0.39 is 30.5 Å². The fourth-order valence-corrected chi connectivity index (χ4v) is 1.64. The lowest BCUT2D eigenvalue weighted by Gasteiger charge is -2.13. The summed E-state index contributed by atoms with van der Waals surface area (Å²) in [4.78, 5) is 3.17. The summed E-state index contributed by atoms with van der Waals surface area (Å²) in [5.41, 5.74) is -2.95. The smallest absolute Gasteiger partial charge is 0.392 e. The number of aliphatic hydroxyl groups excluding tert-OH is 1. The topological polar surface area (TPSA) is 33.1 Å². The summed E-state index contributed by atoms with van der Waals surface area (Å²) in [5, 5.41) is 8.74. The van der Waals surface area contributed by atoms with Crippen LogP contribution in [0.4, 0.5) is 22.0 Å². The largest absolute Gasteiger partial charge is 0.418 e. The molecule has 0 spiro atoms. The standard InChI is InChI=1S/C8H5F5INO/c9-6(10)5-4(8(11,12)13)1-3(2-16)7(14)15-5/h1,6,16H,2H2. The summed E-state index contributed by atoms with van der Waals surface area (Å²) in [5.74, 6) is 0. The summed E-state index contributed by atoms with van der Waals surface area (Å²) in [6.45, 7) is -0.683. The van der Waals surface area contributed by atoms with E-state index in [2.05, 4.69) is 4.98 Å². The Morgan fingerprint density at radius 2 is 1.94 bits per heavy atom. The molecule has 0 radical (unpaired) electrons. The lowest BCUT2D eigenvalue weighted by atomic mass is 10.1. The summed E-state index contributed by atoms with van der Waals surface area (Å²) >= 11 is 1.49. The molecule has 0 aliphatic heterocycles. The Labute approximate surface area is 101 Å². The quantitative estimate of drug-likeness (QED) is 0.504. The second-order valence-electron chi connectivity index (χ2n) is 2.83. The molecule has 90 valence electrons. The molecular formula is C8H5F5INO. The number of halogens is 6. The van der Waals surface area contributed by atoms with Gasteiger partial charge in [0.1, 0.15) is 9.39 Å². The Hall–Kier alpha value is -0.510. The Bertz CT molecular complexity index is 393. The first kappa shape index (κ1) is 13.6. The van der Waals surface area contributed by atoms with Crippen LogP contribution in [0, 0.1) is 3.70 Å². The van der Waals surface area contributed by atoms with E-state index in [9.17, 15) is 22.0 Å². The van der Waals surface area contributed by atoms with Crippen LogP contribution in [0.1, 0.15) is 23.2 Å². The van der Waals surface area contributed by atoms with Gasteiger partial charge in [-0.25, -0.2) is 13.8 Å². The third kappa shape index (κ3) is 2.78. The van der Waals surface area contributed by atoms with Crippen LogP contribution in [0.15, 0.2) is 6.07 Å². The molecule has 2 nitrogen and oxygen atoms in total. The Morgan fingerprint density at radius 3 is 2.31 bits per heavy atom. The Balaban J connectivity index is 3.43. The van der Waals surface area contributed by atoms with Crippen molar-refractivity contribution in [2.45, 2.75) is 19.2 Å². The van der Waals surface area contributed by atoms with Crippen LogP contribution >= 0.6 is 22.6 Å². The van der Waals surface area contributed by atoms with E-state index in [-0.39, 0.29) is 9.26 Å². The molecule has 8 heteroatoms. The highest BCUT2D eigenvalue weighted by Gasteiger charge is 2.37. The molecule has 0 amide bonds. The van der Waals surface area contributed by atoms with Gasteiger partial charge in [0, 0.05) is 5.56 Å². The first-order chi connectivity index (χ1) is 7.27. The van der Waals surface area contributed by atoms with Crippen LogP contribution < -0.4 is 0 Å². The molecule has 1 N–H and O–H groups in total. The average Bonchev–Trinajstić information content (AvgIpc) is 2.15. The van der Waals surface area contributed by atoms with E-state index in [0.717, 1.165) is 0 Å². The summed E-state index contributed by atoms with van der Waals surface area (Å²) in [6.07, 6.45) is -8.22. The van der Waals surface area contributed by atoms with Gasteiger partial charge in [0.2, 0.25) is 0 Å². The second kappa shape index (κ2) is 4.78. The summed E-state index contributed by atoms with van der Waals surface area (Å²) < 4.78 is 61.8. The van der Waals surface area contributed by atoms with Gasteiger partial charge in [-0.05, 0) is 28.7 Å². The fourth-order valence-electron chi connectivity index (χ4n) is 1.05. The number of alkyl halides is 5. The minimum absolute atomic E-state index is 0.0663. The third-order valence-electron chi connectivity index (χ3n) is 1.76. The highest BCUT2D eigenvalue weighted by atomic mass is 127. The summed E-state index contributed by atoms with van der Waals surface area (Å²) in [6, 6.07) is 0.496. The maximum absolute atomic E-state index is 12.4. The van der Waals surface area contributed by atoms with Gasteiger partial charge >= 0.3 is 6.18 Å². The van der Waals surface area contributed by atoms with Crippen molar-refractivity contribution < 1.29 is 27.1 Å². The van der Waals surface area contributed by atoms with Gasteiger partial charge in [0.05, 0.1) is 12.2 Å². The van der Waals surface area contributed by atoms with E-state index in [1.54, 1.807) is 0 Å². The van der Waals surface area contributed by atoms with Crippen LogP contribution in [-0.2, 0) is 12.8 Å². The Kier molecular flexibility index (Phi) is 4.05. The van der Waals surface area contributed by atoms with Crippen molar-refractivity contribution in [2.75, 3.05) is 0 Å². The van der Waals surface area contributed by atoms with Crippen molar-refractivity contribution in [2.24, 2.45) is 0 Å². The molecule has 0 atom stereocenters. The van der Waals surface area contributed by atoms with Crippen LogP contribution in [0.3, 0.4) is 0 Å². The van der Waals surface area contributed by atoms with Crippen molar-refractivity contribution in [3.8, 4) is 0 Å². The first-order valence-corrected chi connectivity index (χ1v) is 5.00. The molecule has 0 unspecified atom stereocenters. The van der Waals surface area contributed by atoms with Gasteiger partial charge in [-0.3, -0.25) is 0 Å². The van der Waals surface area contributed by atoms with E-state index in [4.69, 9.17) is 5.11 Å². The molecular weight excluding hydrogens is 348 g/mol. The molecule has 1 aromatic rings. The molecule has 1 heterocycles. The van der Waals surface area contributed by atoms with E-state index in [0.29, 0.717) is 6.07 Å². The highest BCUT2D eigenvalue weighted by molar-refractivity contribution is 14.1. The molecule has 0 fully saturated rings. The molecule has 16 heavy (non-hydrogen) atoms. The number of nitrogens with zero attached hydrogens (tertiary/aromatic N) is 1. The van der Waals surface area contributed by atoms with Gasteiger partial charge in [-0.15, -0.1) is 0 Å². The van der Waals surface area contributed by atoms with Crippen molar-refractivity contribution in [3.63, 3.8) is 0 Å². The molecule has 0 aromatic carbocycles. The van der Waals surface area contributed by atoms with E-state index in [1.807, 2.05) is 0 Å². The van der Waals surface area contributed by atoms with Crippen molar-refractivity contribution >= 4 is 22.6 Å². The zero-order valence-electron chi connectivity index (χ0n) is 7.52. The molecule has 1 aromatic heterocycles. The monoisotopic (exact) mass is 353 g/mol. The lowest BCUT2D eigenvalue weighted by Crippen LogP contribution is -2.13. The third-order valence-corrected chi connectivity index (χ3v) is 2.69. The predicted molar refractivity (Wildman–Crippen MR) is 52.8 cm³/mol. The molecule has 0 bridgehead atoms. The second-order valence-corrected chi connectivity index (χ2v) is 3.85. The molecule has 1 rings (SSSR count). The minimum atomic E-state index is -4.91. The predicted octanol–water partition coefficient (Wildman–Crippen LogP) is 3.13. The number of pyridine rings is 1. The van der Waals surface area contributed by atoms with Crippen molar-refractivity contribution in [3.05, 3.63) is 26.6 Å². The van der Waals surface area contributed by atoms with Crippen molar-refractivity contribution in [1.29, 1.82) is 0 Å². The molecule has 0 aliphatic rings. The Morgan fingerprint density at radius 1 is 1.38 bits per heavy atom. The van der Waals surface area contributed by atoms with Crippen LogP contribution in [0.2, 0.25) is 0 Å². The van der Waals surface area contributed by atoms with E-state index >= 15 is 0 Å².